The summed E-state index contributed by atoms with van der Waals surface area (Å²) in [5.74, 6) is 0. The van der Waals surface area contributed by atoms with Gasteiger partial charge in [-0.25, -0.2) is 0 Å². The van der Waals surface area contributed by atoms with Gasteiger partial charge in [0, 0.05) is 22.1 Å². The molecule has 2 heteroatoms. The van der Waals surface area contributed by atoms with Gasteiger partial charge in [-0.05, 0) is 51.7 Å². The van der Waals surface area contributed by atoms with Crippen LogP contribution in [-0.2, 0) is 6.42 Å². The second kappa shape index (κ2) is 4.53. The third-order valence-corrected chi connectivity index (χ3v) is 3.27. The molecule has 3 N–H and O–H groups in total. The summed E-state index contributed by atoms with van der Waals surface area (Å²) in [6.45, 7) is 6.34. The van der Waals surface area contributed by atoms with Crippen molar-refractivity contribution in [1.29, 1.82) is 0 Å². The minimum Gasteiger partial charge on any atom is -0.358 e. The molecule has 0 aliphatic heterocycles. The van der Waals surface area contributed by atoms with Crippen LogP contribution in [0.15, 0.2) is 24.3 Å². The Kier molecular flexibility index (Phi) is 3.25. The molecule has 0 unspecified atom stereocenters. The molecule has 0 amide bonds. The van der Waals surface area contributed by atoms with Crippen molar-refractivity contribution in [2.24, 2.45) is 5.73 Å². The van der Waals surface area contributed by atoms with Gasteiger partial charge in [-0.3, -0.25) is 0 Å². The van der Waals surface area contributed by atoms with E-state index < -0.39 is 0 Å². The molecule has 0 bridgehead atoms. The summed E-state index contributed by atoms with van der Waals surface area (Å²) in [5, 5.41) is 1.36. The van der Waals surface area contributed by atoms with E-state index in [4.69, 9.17) is 5.73 Å². The lowest BCUT2D eigenvalue weighted by Crippen LogP contribution is -2.31. The molecule has 0 saturated heterocycles. The maximum absolute atomic E-state index is 6.02. The Morgan fingerprint density at radius 2 is 1.94 bits per heavy atom. The van der Waals surface area contributed by atoms with E-state index in [0.717, 1.165) is 19.3 Å². The summed E-state index contributed by atoms with van der Waals surface area (Å²) in [4.78, 5) is 3.44. The number of aryl methyl sites for hydroxylation is 2. The number of aromatic amines is 1. The van der Waals surface area contributed by atoms with Gasteiger partial charge in [0.2, 0.25) is 0 Å². The van der Waals surface area contributed by atoms with Crippen molar-refractivity contribution in [3.8, 4) is 0 Å². The van der Waals surface area contributed by atoms with E-state index in [1.54, 1.807) is 0 Å². The highest BCUT2D eigenvalue weighted by Crippen LogP contribution is 2.24. The normalized spacial score (nSPS) is 12.2. The molecule has 92 valence electrons. The maximum atomic E-state index is 6.02. The third-order valence-electron chi connectivity index (χ3n) is 3.27. The minimum absolute atomic E-state index is 0.0555. The fourth-order valence-corrected chi connectivity index (χ4v) is 2.38. The molecule has 0 spiro atoms. The standard InChI is InChI=1S/C15H22N2/c1-11-12(8-6-10-15(2,3)16)13-7-4-5-9-14(13)17-11/h4-5,7,9,17H,6,8,10,16H2,1-3H3. The first kappa shape index (κ1) is 12.2. The zero-order valence-electron chi connectivity index (χ0n) is 11.0. The van der Waals surface area contributed by atoms with E-state index in [9.17, 15) is 0 Å². The van der Waals surface area contributed by atoms with Gasteiger partial charge in [0.05, 0.1) is 0 Å². The van der Waals surface area contributed by atoms with Gasteiger partial charge in [0.1, 0.15) is 0 Å². The second-order valence-electron chi connectivity index (χ2n) is 5.62. The van der Waals surface area contributed by atoms with Crippen LogP contribution in [0, 0.1) is 6.92 Å². The fourth-order valence-electron chi connectivity index (χ4n) is 2.38. The Hall–Kier alpha value is -1.28. The molecular weight excluding hydrogens is 208 g/mol. The number of para-hydroxylation sites is 1. The van der Waals surface area contributed by atoms with Gasteiger partial charge in [0.15, 0.2) is 0 Å². The largest absolute Gasteiger partial charge is 0.358 e. The van der Waals surface area contributed by atoms with Crippen molar-refractivity contribution in [3.63, 3.8) is 0 Å². The predicted molar refractivity (Wildman–Crippen MR) is 74.2 cm³/mol. The zero-order valence-corrected chi connectivity index (χ0v) is 11.0. The van der Waals surface area contributed by atoms with Gasteiger partial charge >= 0.3 is 0 Å². The Balaban J connectivity index is 2.15. The van der Waals surface area contributed by atoms with E-state index in [1.807, 2.05) is 0 Å². The summed E-state index contributed by atoms with van der Waals surface area (Å²) in [7, 11) is 0. The molecular formula is C15H22N2. The third kappa shape index (κ3) is 2.89. The van der Waals surface area contributed by atoms with Crippen LogP contribution < -0.4 is 5.73 Å². The fraction of sp³-hybridized carbons (Fsp3) is 0.467. The molecule has 2 aromatic rings. The molecule has 0 radical (unpaired) electrons. The summed E-state index contributed by atoms with van der Waals surface area (Å²) in [6.07, 6.45) is 3.31. The molecule has 0 atom stereocenters. The van der Waals surface area contributed by atoms with Gasteiger partial charge in [-0.2, -0.15) is 0 Å². The monoisotopic (exact) mass is 230 g/mol. The average molecular weight is 230 g/mol. The van der Waals surface area contributed by atoms with Gasteiger partial charge in [0.25, 0.3) is 0 Å². The Morgan fingerprint density at radius 1 is 1.24 bits per heavy atom. The lowest BCUT2D eigenvalue weighted by atomic mass is 9.96. The van der Waals surface area contributed by atoms with Crippen molar-refractivity contribution in [2.45, 2.75) is 45.6 Å². The zero-order chi connectivity index (χ0) is 12.5. The van der Waals surface area contributed by atoms with Crippen LogP contribution in [0.2, 0.25) is 0 Å². The first-order chi connectivity index (χ1) is 7.97. The maximum Gasteiger partial charge on any atom is 0.0458 e. The highest BCUT2D eigenvalue weighted by molar-refractivity contribution is 5.84. The summed E-state index contributed by atoms with van der Waals surface area (Å²) < 4.78 is 0. The number of H-pyrrole nitrogens is 1. The molecule has 17 heavy (non-hydrogen) atoms. The van der Waals surface area contributed by atoms with E-state index >= 15 is 0 Å². The van der Waals surface area contributed by atoms with Gasteiger partial charge in [-0.15, -0.1) is 0 Å². The van der Waals surface area contributed by atoms with Gasteiger partial charge < -0.3 is 10.7 Å². The summed E-state index contributed by atoms with van der Waals surface area (Å²) in [5.41, 5.74) is 9.95. The van der Waals surface area contributed by atoms with Crippen molar-refractivity contribution >= 4 is 10.9 Å². The lowest BCUT2D eigenvalue weighted by Gasteiger charge is -2.17. The van der Waals surface area contributed by atoms with E-state index in [2.05, 4.69) is 50.0 Å². The molecule has 0 aliphatic carbocycles. The molecule has 0 saturated carbocycles. The lowest BCUT2D eigenvalue weighted by molar-refractivity contribution is 0.459. The number of nitrogens with one attached hydrogen (secondary N) is 1. The molecule has 2 rings (SSSR count). The second-order valence-corrected chi connectivity index (χ2v) is 5.62. The Bertz CT molecular complexity index is 503. The number of benzene rings is 1. The number of aromatic nitrogens is 1. The van der Waals surface area contributed by atoms with Crippen LogP contribution >= 0.6 is 0 Å². The smallest absolute Gasteiger partial charge is 0.0458 e. The van der Waals surface area contributed by atoms with Crippen molar-refractivity contribution < 1.29 is 0 Å². The van der Waals surface area contributed by atoms with Crippen LogP contribution in [0.25, 0.3) is 10.9 Å². The highest BCUT2D eigenvalue weighted by atomic mass is 14.7. The average Bonchev–Trinajstić information content (AvgIpc) is 2.54. The minimum atomic E-state index is -0.0555. The van der Waals surface area contributed by atoms with E-state index in [-0.39, 0.29) is 5.54 Å². The van der Waals surface area contributed by atoms with E-state index in [0.29, 0.717) is 0 Å². The quantitative estimate of drug-likeness (QED) is 0.829. The number of hydrogen-bond donors (Lipinski definition) is 2. The molecule has 2 nitrogen and oxygen atoms in total. The topological polar surface area (TPSA) is 41.8 Å². The number of rotatable bonds is 4. The molecule has 1 heterocycles. The van der Waals surface area contributed by atoms with Crippen LogP contribution in [0.5, 0.6) is 0 Å². The van der Waals surface area contributed by atoms with E-state index in [1.165, 1.54) is 22.2 Å². The number of fused-ring (bicyclic) bond motifs is 1. The number of nitrogens with two attached hydrogens (primary N) is 1. The predicted octanol–water partition coefficient (Wildman–Crippen LogP) is 3.54. The van der Waals surface area contributed by atoms with Crippen LogP contribution in [-0.4, -0.2) is 10.5 Å². The first-order valence-corrected chi connectivity index (χ1v) is 6.32. The molecule has 1 aromatic heterocycles. The van der Waals surface area contributed by atoms with Gasteiger partial charge in [-0.1, -0.05) is 18.2 Å². The summed E-state index contributed by atoms with van der Waals surface area (Å²) >= 11 is 0. The first-order valence-electron chi connectivity index (χ1n) is 6.32. The van der Waals surface area contributed by atoms with Crippen LogP contribution in [0.3, 0.4) is 0 Å². The Morgan fingerprint density at radius 3 is 2.65 bits per heavy atom. The van der Waals surface area contributed by atoms with Crippen molar-refractivity contribution in [1.82, 2.24) is 4.98 Å². The van der Waals surface area contributed by atoms with Crippen LogP contribution in [0.1, 0.15) is 37.9 Å². The van der Waals surface area contributed by atoms with Crippen molar-refractivity contribution in [3.05, 3.63) is 35.5 Å². The SMILES string of the molecule is Cc1[nH]c2ccccc2c1CCCC(C)(C)N. The number of hydrogen-bond acceptors (Lipinski definition) is 1. The molecule has 1 aromatic carbocycles. The molecule has 0 aliphatic rings. The van der Waals surface area contributed by atoms with Crippen LogP contribution in [0.4, 0.5) is 0 Å². The van der Waals surface area contributed by atoms with Crippen molar-refractivity contribution in [2.75, 3.05) is 0 Å². The highest BCUT2D eigenvalue weighted by Gasteiger charge is 2.12. The summed E-state index contributed by atoms with van der Waals surface area (Å²) in [6, 6.07) is 8.51. The molecule has 0 fully saturated rings. The Labute approximate surface area is 103 Å².